The summed E-state index contributed by atoms with van der Waals surface area (Å²) in [5.74, 6) is -0.600. The standard InChI is InChI=1S/C27H18N4O2/c1-33-27(32)19-6-4-18(5-7-19)26(22-14-30-24-8-2-16(12-28)10-20(22)24)23-15-31-25-9-3-17(13-29)11-21(23)25/h2-11,14-15,26,30-31H,1H3. The number of rotatable bonds is 4. The highest BCUT2D eigenvalue weighted by Gasteiger charge is 2.24. The maximum absolute atomic E-state index is 11.9. The first-order chi connectivity index (χ1) is 16.1. The number of nitriles is 2. The average molecular weight is 430 g/mol. The molecule has 158 valence electrons. The van der Waals surface area contributed by atoms with Crippen molar-refractivity contribution < 1.29 is 9.53 Å². The van der Waals surface area contributed by atoms with Crippen molar-refractivity contribution in [3.05, 3.63) is 106 Å². The number of aromatic nitrogens is 2. The van der Waals surface area contributed by atoms with Crippen LogP contribution >= 0.6 is 0 Å². The van der Waals surface area contributed by atoms with Gasteiger partial charge in [-0.1, -0.05) is 12.1 Å². The molecule has 6 nitrogen and oxygen atoms in total. The molecule has 0 saturated carbocycles. The smallest absolute Gasteiger partial charge is 0.337 e. The van der Waals surface area contributed by atoms with Gasteiger partial charge in [0.1, 0.15) is 0 Å². The lowest BCUT2D eigenvalue weighted by Crippen LogP contribution is -2.05. The van der Waals surface area contributed by atoms with E-state index in [0.717, 1.165) is 38.5 Å². The van der Waals surface area contributed by atoms with Crippen LogP contribution in [0.25, 0.3) is 21.8 Å². The Balaban J connectivity index is 1.76. The number of carbonyl (C=O) groups excluding carboxylic acids is 1. The quantitative estimate of drug-likeness (QED) is 0.374. The molecule has 3 aromatic carbocycles. The molecule has 5 rings (SSSR count). The van der Waals surface area contributed by atoms with E-state index in [4.69, 9.17) is 4.74 Å². The SMILES string of the molecule is COC(=O)c1ccc(C(c2c[nH]c3ccc(C#N)cc23)c2c[nH]c3ccc(C#N)cc23)cc1. The lowest BCUT2D eigenvalue weighted by molar-refractivity contribution is 0.0600. The van der Waals surface area contributed by atoms with E-state index < -0.39 is 5.97 Å². The number of aromatic amines is 2. The molecule has 0 atom stereocenters. The number of ether oxygens (including phenoxy) is 1. The van der Waals surface area contributed by atoms with Crippen molar-refractivity contribution in [3.63, 3.8) is 0 Å². The fourth-order valence-corrected chi connectivity index (χ4v) is 4.36. The summed E-state index contributed by atoms with van der Waals surface area (Å²) in [4.78, 5) is 18.6. The zero-order chi connectivity index (χ0) is 22.9. The number of carbonyl (C=O) groups is 1. The van der Waals surface area contributed by atoms with Gasteiger partial charge in [-0.05, 0) is 65.2 Å². The molecule has 0 unspecified atom stereocenters. The monoisotopic (exact) mass is 430 g/mol. The highest BCUT2D eigenvalue weighted by molar-refractivity contribution is 5.91. The van der Waals surface area contributed by atoms with Crippen LogP contribution in [0.15, 0.2) is 73.1 Å². The minimum absolute atomic E-state index is 0.206. The number of nitrogens with one attached hydrogen (secondary N) is 2. The number of esters is 1. The molecule has 0 saturated heterocycles. The number of benzene rings is 3. The first-order valence-electron chi connectivity index (χ1n) is 10.3. The zero-order valence-corrected chi connectivity index (χ0v) is 17.7. The molecular weight excluding hydrogens is 412 g/mol. The predicted molar refractivity (Wildman–Crippen MR) is 125 cm³/mol. The molecule has 33 heavy (non-hydrogen) atoms. The van der Waals surface area contributed by atoms with E-state index in [-0.39, 0.29) is 5.92 Å². The molecule has 0 amide bonds. The molecule has 2 heterocycles. The summed E-state index contributed by atoms with van der Waals surface area (Å²) in [6, 6.07) is 22.9. The highest BCUT2D eigenvalue weighted by Crippen LogP contribution is 2.40. The van der Waals surface area contributed by atoms with Crippen molar-refractivity contribution in [2.24, 2.45) is 0 Å². The molecule has 0 bridgehead atoms. The van der Waals surface area contributed by atoms with Gasteiger partial charge in [0, 0.05) is 40.1 Å². The van der Waals surface area contributed by atoms with Gasteiger partial charge in [0.05, 0.1) is 35.9 Å². The van der Waals surface area contributed by atoms with Gasteiger partial charge in [-0.25, -0.2) is 4.79 Å². The van der Waals surface area contributed by atoms with Crippen molar-refractivity contribution >= 4 is 27.8 Å². The van der Waals surface area contributed by atoms with Crippen LogP contribution in [0.5, 0.6) is 0 Å². The maximum Gasteiger partial charge on any atom is 0.337 e. The third-order valence-electron chi connectivity index (χ3n) is 5.97. The number of fused-ring (bicyclic) bond motifs is 2. The van der Waals surface area contributed by atoms with Crippen LogP contribution in [-0.4, -0.2) is 23.0 Å². The summed E-state index contributed by atoms with van der Waals surface area (Å²) in [5.41, 5.74) is 6.44. The third kappa shape index (κ3) is 3.40. The Morgan fingerprint density at radius 1 is 0.818 bits per heavy atom. The van der Waals surface area contributed by atoms with Crippen molar-refractivity contribution in [3.8, 4) is 12.1 Å². The molecule has 5 aromatic rings. The van der Waals surface area contributed by atoms with Crippen molar-refractivity contribution in [1.29, 1.82) is 10.5 Å². The van der Waals surface area contributed by atoms with E-state index >= 15 is 0 Å². The molecule has 2 aromatic heterocycles. The van der Waals surface area contributed by atoms with Gasteiger partial charge in [-0.2, -0.15) is 10.5 Å². The summed E-state index contributed by atoms with van der Waals surface area (Å²) >= 11 is 0. The Labute approximate surface area is 189 Å². The van der Waals surface area contributed by atoms with Crippen LogP contribution in [-0.2, 0) is 4.74 Å². The molecule has 0 fully saturated rings. The molecule has 0 radical (unpaired) electrons. The lowest BCUT2D eigenvalue weighted by Gasteiger charge is -2.18. The molecule has 0 aliphatic rings. The van der Waals surface area contributed by atoms with Crippen LogP contribution < -0.4 is 0 Å². The van der Waals surface area contributed by atoms with Gasteiger partial charge in [-0.15, -0.1) is 0 Å². The van der Waals surface area contributed by atoms with Gasteiger partial charge < -0.3 is 14.7 Å². The number of methoxy groups -OCH3 is 1. The maximum atomic E-state index is 11.9. The van der Waals surface area contributed by atoms with Gasteiger partial charge >= 0.3 is 5.97 Å². The normalized spacial score (nSPS) is 10.9. The number of nitrogens with zero attached hydrogens (tertiary/aromatic N) is 2. The predicted octanol–water partition coefficient (Wildman–Crippen LogP) is 5.36. The van der Waals surface area contributed by atoms with Crippen LogP contribution in [0.1, 0.15) is 44.1 Å². The summed E-state index contributed by atoms with van der Waals surface area (Å²) in [7, 11) is 1.36. The number of H-pyrrole nitrogens is 2. The third-order valence-corrected chi connectivity index (χ3v) is 5.97. The Bertz CT molecular complexity index is 1500. The van der Waals surface area contributed by atoms with Crippen LogP contribution in [0.3, 0.4) is 0 Å². The molecule has 0 spiro atoms. The van der Waals surface area contributed by atoms with Crippen molar-refractivity contribution in [2.45, 2.75) is 5.92 Å². The van der Waals surface area contributed by atoms with E-state index in [0.29, 0.717) is 16.7 Å². The van der Waals surface area contributed by atoms with Crippen LogP contribution in [0.2, 0.25) is 0 Å². The largest absolute Gasteiger partial charge is 0.465 e. The number of hydrogen-bond donors (Lipinski definition) is 2. The number of hydrogen-bond acceptors (Lipinski definition) is 4. The van der Waals surface area contributed by atoms with E-state index in [2.05, 4.69) is 22.1 Å². The van der Waals surface area contributed by atoms with Gasteiger partial charge in [0.2, 0.25) is 0 Å². The Hall–Kier alpha value is -4.81. The molecule has 0 aliphatic heterocycles. The minimum atomic E-state index is -0.394. The average Bonchev–Trinajstić information content (AvgIpc) is 3.48. The van der Waals surface area contributed by atoms with E-state index in [1.807, 2.05) is 48.8 Å². The van der Waals surface area contributed by atoms with Crippen LogP contribution in [0, 0.1) is 22.7 Å². The second-order valence-corrected chi connectivity index (χ2v) is 7.78. The van der Waals surface area contributed by atoms with E-state index in [1.165, 1.54) is 7.11 Å². The fourth-order valence-electron chi connectivity index (χ4n) is 4.36. The zero-order valence-electron chi connectivity index (χ0n) is 17.7. The fraction of sp³-hybridized carbons (Fsp3) is 0.0741. The lowest BCUT2D eigenvalue weighted by atomic mass is 9.84. The van der Waals surface area contributed by atoms with E-state index in [1.54, 1.807) is 24.3 Å². The van der Waals surface area contributed by atoms with E-state index in [9.17, 15) is 15.3 Å². The topological polar surface area (TPSA) is 105 Å². The second-order valence-electron chi connectivity index (χ2n) is 7.78. The van der Waals surface area contributed by atoms with Gasteiger partial charge in [0.25, 0.3) is 0 Å². The van der Waals surface area contributed by atoms with Crippen molar-refractivity contribution in [2.75, 3.05) is 7.11 Å². The Kier molecular flexibility index (Phi) is 4.89. The summed E-state index contributed by atoms with van der Waals surface area (Å²) in [5, 5.41) is 20.8. The first-order valence-corrected chi connectivity index (χ1v) is 10.3. The van der Waals surface area contributed by atoms with Gasteiger partial charge in [0.15, 0.2) is 0 Å². The summed E-state index contributed by atoms with van der Waals surface area (Å²) in [6.45, 7) is 0. The highest BCUT2D eigenvalue weighted by atomic mass is 16.5. The summed E-state index contributed by atoms with van der Waals surface area (Å²) in [6.07, 6.45) is 3.91. The molecule has 2 N–H and O–H groups in total. The van der Waals surface area contributed by atoms with Gasteiger partial charge in [-0.3, -0.25) is 0 Å². The Morgan fingerprint density at radius 2 is 1.33 bits per heavy atom. The Morgan fingerprint density at radius 3 is 1.79 bits per heavy atom. The molecule has 0 aliphatic carbocycles. The first kappa shape index (κ1) is 20.1. The second kappa shape index (κ2) is 8.03. The molecular formula is C27H18N4O2. The molecule has 6 heteroatoms. The minimum Gasteiger partial charge on any atom is -0.465 e. The van der Waals surface area contributed by atoms with Crippen molar-refractivity contribution in [1.82, 2.24) is 9.97 Å². The summed E-state index contributed by atoms with van der Waals surface area (Å²) < 4.78 is 4.84. The van der Waals surface area contributed by atoms with Crippen LogP contribution in [0.4, 0.5) is 0 Å².